The van der Waals surface area contributed by atoms with Gasteiger partial charge in [0.2, 0.25) is 0 Å². The SMILES string of the molecule is CN(C)c1cc(CNC(=O)[C@@H]2Cc3ccccc3C(=O)O2)ccn1. The van der Waals surface area contributed by atoms with Crippen LogP contribution in [0.4, 0.5) is 5.82 Å². The van der Waals surface area contributed by atoms with Crippen LogP contribution in [0.2, 0.25) is 0 Å². The molecule has 24 heavy (non-hydrogen) atoms. The van der Waals surface area contributed by atoms with Gasteiger partial charge in [0.1, 0.15) is 5.82 Å². The first kappa shape index (κ1) is 16.0. The van der Waals surface area contributed by atoms with Crippen molar-refractivity contribution in [3.05, 3.63) is 59.3 Å². The zero-order valence-electron chi connectivity index (χ0n) is 13.7. The molecule has 1 aromatic carbocycles. The quantitative estimate of drug-likeness (QED) is 0.864. The lowest BCUT2D eigenvalue weighted by Gasteiger charge is -2.23. The van der Waals surface area contributed by atoms with E-state index in [0.717, 1.165) is 16.9 Å². The molecule has 3 rings (SSSR count). The number of cyclic esters (lactones) is 1. The summed E-state index contributed by atoms with van der Waals surface area (Å²) >= 11 is 0. The summed E-state index contributed by atoms with van der Waals surface area (Å²) in [6.45, 7) is 0.359. The Hall–Kier alpha value is -2.89. The van der Waals surface area contributed by atoms with Gasteiger partial charge in [-0.2, -0.15) is 0 Å². The monoisotopic (exact) mass is 325 g/mol. The van der Waals surface area contributed by atoms with Gasteiger partial charge in [-0.25, -0.2) is 9.78 Å². The molecule has 1 N–H and O–H groups in total. The number of carbonyl (C=O) groups excluding carboxylic acids is 2. The number of ether oxygens (including phenoxy) is 1. The fourth-order valence-electron chi connectivity index (χ4n) is 2.60. The molecular formula is C18H19N3O3. The summed E-state index contributed by atoms with van der Waals surface area (Å²) in [4.78, 5) is 30.4. The molecule has 1 aromatic heterocycles. The number of benzene rings is 1. The van der Waals surface area contributed by atoms with E-state index in [0.29, 0.717) is 18.5 Å². The predicted molar refractivity (Wildman–Crippen MR) is 89.8 cm³/mol. The molecule has 0 saturated heterocycles. The van der Waals surface area contributed by atoms with Gasteiger partial charge in [-0.1, -0.05) is 18.2 Å². The minimum atomic E-state index is -0.789. The number of carbonyl (C=O) groups is 2. The van der Waals surface area contributed by atoms with E-state index in [4.69, 9.17) is 4.74 Å². The highest BCUT2D eigenvalue weighted by molar-refractivity contribution is 5.95. The van der Waals surface area contributed by atoms with Crippen LogP contribution >= 0.6 is 0 Å². The molecular weight excluding hydrogens is 306 g/mol. The number of pyridine rings is 1. The molecule has 0 fully saturated rings. The molecule has 1 amide bonds. The number of esters is 1. The summed E-state index contributed by atoms with van der Waals surface area (Å²) in [7, 11) is 3.81. The summed E-state index contributed by atoms with van der Waals surface area (Å²) in [5, 5.41) is 2.82. The molecule has 0 bridgehead atoms. The number of nitrogens with zero attached hydrogens (tertiary/aromatic N) is 2. The zero-order chi connectivity index (χ0) is 17.1. The fourth-order valence-corrected chi connectivity index (χ4v) is 2.60. The van der Waals surface area contributed by atoms with E-state index >= 15 is 0 Å². The largest absolute Gasteiger partial charge is 0.448 e. The van der Waals surface area contributed by atoms with Crippen LogP contribution in [-0.2, 0) is 22.5 Å². The van der Waals surface area contributed by atoms with Crippen LogP contribution < -0.4 is 10.2 Å². The van der Waals surface area contributed by atoms with Crippen molar-refractivity contribution in [1.29, 1.82) is 0 Å². The number of rotatable bonds is 4. The standard InChI is InChI=1S/C18H19N3O3/c1-21(2)16-9-12(7-8-19-16)11-20-17(22)15-10-13-5-3-4-6-14(13)18(23)24-15/h3-9,15H,10-11H2,1-2H3,(H,20,22)/t15-/m0/s1. The molecule has 1 atom stereocenters. The van der Waals surface area contributed by atoms with E-state index in [1.54, 1.807) is 18.3 Å². The minimum absolute atomic E-state index is 0.291. The number of anilines is 1. The number of nitrogens with one attached hydrogen (secondary N) is 1. The maximum atomic E-state index is 12.3. The lowest BCUT2D eigenvalue weighted by molar-refractivity contribution is -0.130. The van der Waals surface area contributed by atoms with Crippen molar-refractivity contribution in [2.45, 2.75) is 19.1 Å². The Morgan fingerprint density at radius 1 is 1.33 bits per heavy atom. The van der Waals surface area contributed by atoms with Crippen LogP contribution in [0.25, 0.3) is 0 Å². The first-order valence-corrected chi connectivity index (χ1v) is 7.73. The number of aromatic nitrogens is 1. The van der Waals surface area contributed by atoms with Gasteiger partial charge >= 0.3 is 5.97 Å². The Labute approximate surface area is 140 Å². The average molecular weight is 325 g/mol. The fraction of sp³-hybridized carbons (Fsp3) is 0.278. The van der Waals surface area contributed by atoms with Gasteiger partial charge < -0.3 is 15.0 Å². The van der Waals surface area contributed by atoms with Gasteiger partial charge in [0, 0.05) is 33.3 Å². The number of hydrogen-bond donors (Lipinski definition) is 1. The average Bonchev–Trinajstić information content (AvgIpc) is 2.60. The second kappa shape index (κ2) is 6.70. The van der Waals surface area contributed by atoms with E-state index < -0.39 is 12.1 Å². The predicted octanol–water partition coefficient (Wildman–Crippen LogP) is 1.55. The zero-order valence-corrected chi connectivity index (χ0v) is 13.7. The van der Waals surface area contributed by atoms with E-state index in [-0.39, 0.29) is 5.91 Å². The van der Waals surface area contributed by atoms with Crippen LogP contribution in [0.1, 0.15) is 21.5 Å². The third-order valence-corrected chi connectivity index (χ3v) is 3.92. The molecule has 2 heterocycles. The van der Waals surface area contributed by atoms with Crippen molar-refractivity contribution < 1.29 is 14.3 Å². The Balaban J connectivity index is 1.64. The molecule has 1 aliphatic rings. The maximum Gasteiger partial charge on any atom is 0.339 e. The highest BCUT2D eigenvalue weighted by atomic mass is 16.5. The normalized spacial score (nSPS) is 16.1. The second-order valence-corrected chi connectivity index (χ2v) is 5.89. The summed E-state index contributed by atoms with van der Waals surface area (Å²) in [5.41, 5.74) is 2.31. The third kappa shape index (κ3) is 3.37. The van der Waals surface area contributed by atoms with Gasteiger partial charge in [-0.15, -0.1) is 0 Å². The number of hydrogen-bond acceptors (Lipinski definition) is 5. The van der Waals surface area contributed by atoms with Gasteiger partial charge in [-0.05, 0) is 29.3 Å². The van der Waals surface area contributed by atoms with Crippen molar-refractivity contribution in [2.24, 2.45) is 0 Å². The lowest BCUT2D eigenvalue weighted by atomic mass is 9.98. The van der Waals surface area contributed by atoms with Gasteiger partial charge in [-0.3, -0.25) is 4.79 Å². The van der Waals surface area contributed by atoms with Crippen LogP contribution in [0.5, 0.6) is 0 Å². The first-order chi connectivity index (χ1) is 11.5. The maximum absolute atomic E-state index is 12.3. The molecule has 2 aromatic rings. The Morgan fingerprint density at radius 2 is 2.12 bits per heavy atom. The molecule has 6 heteroatoms. The Kier molecular flexibility index (Phi) is 4.46. The van der Waals surface area contributed by atoms with Crippen molar-refractivity contribution in [3.8, 4) is 0 Å². The summed E-state index contributed by atoms with van der Waals surface area (Å²) < 4.78 is 5.25. The van der Waals surface area contributed by atoms with Crippen LogP contribution in [0.15, 0.2) is 42.6 Å². The lowest BCUT2D eigenvalue weighted by Crippen LogP contribution is -2.41. The number of fused-ring (bicyclic) bond motifs is 1. The molecule has 0 spiro atoms. The smallest absolute Gasteiger partial charge is 0.339 e. The van der Waals surface area contributed by atoms with Crippen LogP contribution in [0, 0.1) is 0 Å². The van der Waals surface area contributed by atoms with Crippen molar-refractivity contribution in [1.82, 2.24) is 10.3 Å². The topological polar surface area (TPSA) is 71.5 Å². The van der Waals surface area contributed by atoms with Crippen LogP contribution in [-0.4, -0.2) is 37.1 Å². The summed E-state index contributed by atoms with van der Waals surface area (Å²) in [6, 6.07) is 10.9. The minimum Gasteiger partial charge on any atom is -0.448 e. The van der Waals surface area contributed by atoms with Crippen LogP contribution in [0.3, 0.4) is 0 Å². The van der Waals surface area contributed by atoms with Crippen molar-refractivity contribution in [2.75, 3.05) is 19.0 Å². The molecule has 1 aliphatic heterocycles. The highest BCUT2D eigenvalue weighted by Crippen LogP contribution is 2.20. The summed E-state index contributed by atoms with van der Waals surface area (Å²) in [5.74, 6) is 0.0802. The molecule has 0 aliphatic carbocycles. The van der Waals surface area contributed by atoms with Gasteiger partial charge in [0.25, 0.3) is 5.91 Å². The molecule has 0 saturated carbocycles. The Morgan fingerprint density at radius 3 is 2.92 bits per heavy atom. The van der Waals surface area contributed by atoms with Crippen molar-refractivity contribution in [3.63, 3.8) is 0 Å². The summed E-state index contributed by atoms with van der Waals surface area (Å²) in [6.07, 6.45) is 1.31. The number of amides is 1. The van der Waals surface area contributed by atoms with Crippen molar-refractivity contribution >= 4 is 17.7 Å². The highest BCUT2D eigenvalue weighted by Gasteiger charge is 2.30. The third-order valence-electron chi connectivity index (χ3n) is 3.92. The van der Waals surface area contributed by atoms with E-state index in [2.05, 4.69) is 10.3 Å². The molecule has 6 nitrogen and oxygen atoms in total. The van der Waals surface area contributed by atoms with E-state index in [1.165, 1.54) is 0 Å². The van der Waals surface area contributed by atoms with E-state index in [9.17, 15) is 9.59 Å². The Bertz CT molecular complexity index is 774. The molecule has 124 valence electrons. The molecule has 0 unspecified atom stereocenters. The van der Waals surface area contributed by atoms with Gasteiger partial charge in [0.05, 0.1) is 5.56 Å². The second-order valence-electron chi connectivity index (χ2n) is 5.89. The first-order valence-electron chi connectivity index (χ1n) is 7.73. The van der Waals surface area contributed by atoms with E-state index in [1.807, 2.05) is 43.3 Å². The molecule has 0 radical (unpaired) electrons. The van der Waals surface area contributed by atoms with Gasteiger partial charge in [0.15, 0.2) is 6.10 Å².